The number of ether oxygens (including phenoxy) is 2. The summed E-state index contributed by atoms with van der Waals surface area (Å²) < 4.78 is 10.9. The lowest BCUT2D eigenvalue weighted by Crippen LogP contribution is -2.19. The maximum Gasteiger partial charge on any atom is 0.210 e. The van der Waals surface area contributed by atoms with Crippen molar-refractivity contribution in [3.05, 3.63) is 23.8 Å². The molecule has 2 aromatic rings. The maximum atomic E-state index is 5.66. The first-order valence-electron chi connectivity index (χ1n) is 6.77. The molecule has 2 heterocycles. The lowest BCUT2D eigenvalue weighted by molar-refractivity contribution is 0.350. The van der Waals surface area contributed by atoms with Crippen LogP contribution in [0.5, 0.6) is 11.5 Å². The number of hydrogen-bond acceptors (Lipinski definition) is 7. The third-order valence-corrected chi connectivity index (χ3v) is 4.58. The largest absolute Gasteiger partial charge is 0.493 e. The quantitative estimate of drug-likeness (QED) is 0.933. The van der Waals surface area contributed by atoms with E-state index < -0.39 is 0 Å². The number of nitrogens with zero attached hydrogens (tertiary/aromatic N) is 3. The number of anilines is 2. The predicted molar refractivity (Wildman–Crippen MR) is 83.4 cm³/mol. The topological polar surface area (TPSA) is 73.5 Å². The van der Waals surface area contributed by atoms with Crippen LogP contribution < -0.4 is 20.1 Å². The molecule has 1 atom stereocenters. The molecule has 21 heavy (non-hydrogen) atoms. The summed E-state index contributed by atoms with van der Waals surface area (Å²) in [5.74, 6) is 1.98. The monoisotopic (exact) mass is 306 g/mol. The molecule has 1 aliphatic heterocycles. The van der Waals surface area contributed by atoms with Crippen molar-refractivity contribution < 1.29 is 9.47 Å². The Bertz CT molecular complexity index is 631. The van der Waals surface area contributed by atoms with E-state index in [4.69, 9.17) is 15.2 Å². The van der Waals surface area contributed by atoms with Crippen molar-refractivity contribution in [2.24, 2.45) is 0 Å². The molecule has 1 aromatic heterocycles. The lowest BCUT2D eigenvalue weighted by atomic mass is 9.97. The number of hydrogen-bond donors (Lipinski definition) is 1. The molecule has 1 saturated heterocycles. The highest BCUT2D eigenvalue weighted by atomic mass is 32.1. The second kappa shape index (κ2) is 5.77. The first kappa shape index (κ1) is 13.9. The van der Waals surface area contributed by atoms with Gasteiger partial charge in [-0.15, -0.1) is 10.2 Å². The highest BCUT2D eigenvalue weighted by molar-refractivity contribution is 7.18. The number of methoxy groups -OCH3 is 2. The summed E-state index contributed by atoms with van der Waals surface area (Å²) in [7, 11) is 3.34. The van der Waals surface area contributed by atoms with Gasteiger partial charge in [-0.2, -0.15) is 0 Å². The molecule has 1 unspecified atom stereocenters. The van der Waals surface area contributed by atoms with Gasteiger partial charge in [0.1, 0.15) is 0 Å². The van der Waals surface area contributed by atoms with Crippen LogP contribution in [0, 0.1) is 0 Å². The first-order chi connectivity index (χ1) is 10.2. The fourth-order valence-electron chi connectivity index (χ4n) is 2.78. The van der Waals surface area contributed by atoms with Gasteiger partial charge in [-0.3, -0.25) is 0 Å². The summed E-state index contributed by atoms with van der Waals surface area (Å²) in [5.41, 5.74) is 6.83. The average Bonchev–Trinajstić information content (AvgIpc) is 3.14. The third kappa shape index (κ3) is 2.61. The van der Waals surface area contributed by atoms with E-state index in [0.717, 1.165) is 36.1 Å². The van der Waals surface area contributed by atoms with Crippen molar-refractivity contribution >= 4 is 21.6 Å². The normalized spacial score (nSPS) is 18.0. The Hall–Kier alpha value is -2.02. The molecule has 7 heteroatoms. The van der Waals surface area contributed by atoms with E-state index in [1.54, 1.807) is 14.2 Å². The van der Waals surface area contributed by atoms with Crippen molar-refractivity contribution in [3.63, 3.8) is 0 Å². The molecular weight excluding hydrogens is 288 g/mol. The Morgan fingerprint density at radius 1 is 1.29 bits per heavy atom. The number of rotatable bonds is 4. The molecule has 3 rings (SSSR count). The number of nitrogens with two attached hydrogens (primary N) is 1. The van der Waals surface area contributed by atoms with Gasteiger partial charge in [0.25, 0.3) is 0 Å². The zero-order valence-corrected chi connectivity index (χ0v) is 12.9. The Labute approximate surface area is 127 Å². The molecule has 1 fully saturated rings. The van der Waals surface area contributed by atoms with Crippen molar-refractivity contribution in [1.82, 2.24) is 10.2 Å². The fourth-order valence-corrected chi connectivity index (χ4v) is 3.42. The molecule has 1 aliphatic rings. The molecule has 0 amide bonds. The first-order valence-corrected chi connectivity index (χ1v) is 7.59. The van der Waals surface area contributed by atoms with E-state index in [1.807, 2.05) is 12.1 Å². The van der Waals surface area contributed by atoms with Crippen LogP contribution in [-0.4, -0.2) is 37.5 Å². The van der Waals surface area contributed by atoms with E-state index in [2.05, 4.69) is 21.2 Å². The summed E-state index contributed by atoms with van der Waals surface area (Å²) in [6.07, 6.45) is 1.04. The highest BCUT2D eigenvalue weighted by Crippen LogP contribution is 2.40. The van der Waals surface area contributed by atoms with Crippen LogP contribution in [-0.2, 0) is 0 Å². The summed E-state index contributed by atoms with van der Waals surface area (Å²) in [6.45, 7) is 1.83. The zero-order valence-electron chi connectivity index (χ0n) is 12.1. The molecule has 0 radical (unpaired) electrons. The van der Waals surface area contributed by atoms with Crippen LogP contribution >= 0.6 is 11.3 Å². The second-order valence-electron chi connectivity index (χ2n) is 4.94. The minimum atomic E-state index is 0.389. The molecule has 0 saturated carbocycles. The number of benzene rings is 1. The summed E-state index contributed by atoms with van der Waals surface area (Å²) in [4.78, 5) is 2.22. The van der Waals surface area contributed by atoms with Crippen molar-refractivity contribution in [3.8, 4) is 11.5 Å². The summed E-state index contributed by atoms with van der Waals surface area (Å²) in [5, 5.41) is 9.39. The Balaban J connectivity index is 1.83. The van der Waals surface area contributed by atoms with Crippen LogP contribution in [0.4, 0.5) is 10.3 Å². The van der Waals surface area contributed by atoms with Crippen LogP contribution in [0.2, 0.25) is 0 Å². The molecule has 1 aromatic carbocycles. The van der Waals surface area contributed by atoms with Gasteiger partial charge in [-0.05, 0) is 12.5 Å². The second-order valence-corrected chi connectivity index (χ2v) is 5.92. The van der Waals surface area contributed by atoms with Crippen LogP contribution in [0.3, 0.4) is 0 Å². The summed E-state index contributed by atoms with van der Waals surface area (Å²) in [6, 6.07) is 6.02. The van der Waals surface area contributed by atoms with Crippen LogP contribution in [0.25, 0.3) is 0 Å². The Morgan fingerprint density at radius 2 is 2.14 bits per heavy atom. The maximum absolute atomic E-state index is 5.66. The van der Waals surface area contributed by atoms with E-state index in [1.165, 1.54) is 16.9 Å². The minimum absolute atomic E-state index is 0.389. The zero-order chi connectivity index (χ0) is 14.8. The van der Waals surface area contributed by atoms with Crippen molar-refractivity contribution in [2.75, 3.05) is 37.9 Å². The molecule has 0 spiro atoms. The van der Waals surface area contributed by atoms with E-state index in [-0.39, 0.29) is 0 Å². The summed E-state index contributed by atoms with van der Waals surface area (Å²) >= 11 is 1.43. The van der Waals surface area contributed by atoms with Gasteiger partial charge in [0, 0.05) is 24.6 Å². The molecule has 112 valence electrons. The smallest absolute Gasteiger partial charge is 0.210 e. The molecular formula is C14H18N4O2S. The van der Waals surface area contributed by atoms with Gasteiger partial charge in [0.05, 0.1) is 14.2 Å². The molecule has 2 N–H and O–H groups in total. The van der Waals surface area contributed by atoms with Gasteiger partial charge < -0.3 is 20.1 Å². The minimum Gasteiger partial charge on any atom is -0.493 e. The lowest BCUT2D eigenvalue weighted by Gasteiger charge is -2.18. The van der Waals surface area contributed by atoms with Crippen LogP contribution in [0.15, 0.2) is 18.2 Å². The van der Waals surface area contributed by atoms with E-state index >= 15 is 0 Å². The van der Waals surface area contributed by atoms with Gasteiger partial charge >= 0.3 is 0 Å². The van der Waals surface area contributed by atoms with Crippen LogP contribution in [0.1, 0.15) is 17.9 Å². The van der Waals surface area contributed by atoms with Gasteiger partial charge in [-0.1, -0.05) is 23.5 Å². The molecule has 0 bridgehead atoms. The number of nitrogen functional groups attached to an aromatic ring is 1. The average molecular weight is 306 g/mol. The third-order valence-electron chi connectivity index (χ3n) is 3.76. The SMILES string of the molecule is COc1cccc(C2CCN(c3nnc(N)s3)C2)c1OC. The predicted octanol–water partition coefficient (Wildman–Crippen LogP) is 2.13. The Kier molecular flexibility index (Phi) is 3.83. The van der Waals surface area contributed by atoms with E-state index in [9.17, 15) is 0 Å². The highest BCUT2D eigenvalue weighted by Gasteiger charge is 2.29. The Morgan fingerprint density at radius 3 is 2.81 bits per heavy atom. The number of aromatic nitrogens is 2. The number of para-hydroxylation sites is 1. The molecule has 0 aliphatic carbocycles. The van der Waals surface area contributed by atoms with Gasteiger partial charge in [0.15, 0.2) is 11.5 Å². The van der Waals surface area contributed by atoms with Gasteiger partial charge in [-0.25, -0.2) is 0 Å². The van der Waals surface area contributed by atoms with Crippen molar-refractivity contribution in [1.29, 1.82) is 0 Å². The van der Waals surface area contributed by atoms with Crippen molar-refractivity contribution in [2.45, 2.75) is 12.3 Å². The standard InChI is InChI=1S/C14H18N4O2S/c1-19-11-5-3-4-10(12(11)20-2)9-6-7-18(8-9)14-17-16-13(15)21-14/h3-5,9H,6-8H2,1-2H3,(H2,15,16). The van der Waals surface area contributed by atoms with Gasteiger partial charge in [0.2, 0.25) is 10.3 Å². The fraction of sp³-hybridized carbons (Fsp3) is 0.429. The molecule has 6 nitrogen and oxygen atoms in total. The van der Waals surface area contributed by atoms with E-state index in [0.29, 0.717) is 11.0 Å².